The van der Waals surface area contributed by atoms with E-state index < -0.39 is 5.41 Å². The average Bonchev–Trinajstić information content (AvgIpc) is 3.80. The molecule has 57 heavy (non-hydrogen) atoms. The van der Waals surface area contributed by atoms with Gasteiger partial charge in [0.05, 0.1) is 5.41 Å². The number of furan rings is 1. The molecule has 10 aromatic rings. The van der Waals surface area contributed by atoms with Gasteiger partial charge in [0.1, 0.15) is 11.2 Å². The standard InChI is InChI=1S/C52H31N3OS/c1-3-14-32(15-4-1)33-26-28-35(29-27-33)50-53-49(34-16-5-2-6-17-34)54-51(55-50)38-20-13-24-44-48(38)39-30-47-43(31-45(39)56-44)52(42-23-11-12-25-46(42)57-47)40-21-9-7-18-36(40)37-19-8-10-22-41(37)52/h1-31H. The van der Waals surface area contributed by atoms with Crippen LogP contribution in [0.1, 0.15) is 22.3 Å². The molecule has 0 bridgehead atoms. The van der Waals surface area contributed by atoms with E-state index >= 15 is 0 Å². The summed E-state index contributed by atoms with van der Waals surface area (Å²) < 4.78 is 6.85. The fourth-order valence-corrected chi connectivity index (χ4v) is 10.4. The van der Waals surface area contributed by atoms with Crippen molar-refractivity contribution >= 4 is 33.7 Å². The zero-order valence-corrected chi connectivity index (χ0v) is 31.4. The first kappa shape index (κ1) is 32.2. The summed E-state index contributed by atoms with van der Waals surface area (Å²) in [6.07, 6.45) is 0. The Hall–Kier alpha value is -7.08. The Morgan fingerprint density at radius 1 is 0.368 bits per heavy atom. The Bertz CT molecular complexity index is 3160. The van der Waals surface area contributed by atoms with Gasteiger partial charge in [0.2, 0.25) is 0 Å². The van der Waals surface area contributed by atoms with E-state index in [4.69, 9.17) is 19.4 Å². The minimum atomic E-state index is -0.482. The van der Waals surface area contributed by atoms with Crippen LogP contribution in [0.3, 0.4) is 0 Å². The number of benzene rings is 8. The highest BCUT2D eigenvalue weighted by Gasteiger charge is 2.50. The van der Waals surface area contributed by atoms with Crippen LogP contribution < -0.4 is 0 Å². The summed E-state index contributed by atoms with van der Waals surface area (Å²) in [6.45, 7) is 0. The Kier molecular flexibility index (Phi) is 7.04. The first-order valence-electron chi connectivity index (χ1n) is 19.2. The Labute approximate surface area is 333 Å². The lowest BCUT2D eigenvalue weighted by Crippen LogP contribution is -2.31. The molecule has 0 fully saturated rings. The molecule has 0 saturated heterocycles. The fourth-order valence-electron chi connectivity index (χ4n) is 9.14. The second-order valence-corrected chi connectivity index (χ2v) is 15.8. The third-order valence-electron chi connectivity index (χ3n) is 11.6. The van der Waals surface area contributed by atoms with Gasteiger partial charge in [0.25, 0.3) is 0 Å². The fraction of sp³-hybridized carbons (Fsp3) is 0.0192. The zero-order valence-electron chi connectivity index (χ0n) is 30.6. The van der Waals surface area contributed by atoms with Crippen molar-refractivity contribution in [2.45, 2.75) is 15.2 Å². The lowest BCUT2D eigenvalue weighted by Gasteiger charge is -2.39. The van der Waals surface area contributed by atoms with Crippen LogP contribution in [0, 0.1) is 0 Å². The van der Waals surface area contributed by atoms with E-state index in [0.717, 1.165) is 44.2 Å². The molecule has 1 aliphatic carbocycles. The predicted molar refractivity (Wildman–Crippen MR) is 230 cm³/mol. The Balaban J connectivity index is 1.08. The lowest BCUT2D eigenvalue weighted by atomic mass is 9.67. The molecule has 4 nitrogen and oxygen atoms in total. The molecule has 2 aliphatic rings. The molecular weight excluding hydrogens is 715 g/mol. The van der Waals surface area contributed by atoms with E-state index in [0.29, 0.717) is 17.5 Å². The van der Waals surface area contributed by atoms with Crippen LogP contribution in [0.5, 0.6) is 0 Å². The van der Waals surface area contributed by atoms with Crippen molar-refractivity contribution in [2.24, 2.45) is 0 Å². The van der Waals surface area contributed by atoms with Gasteiger partial charge in [-0.3, -0.25) is 0 Å². The molecule has 5 heteroatoms. The summed E-state index contributed by atoms with van der Waals surface area (Å²) in [5, 5.41) is 2.03. The average molecular weight is 746 g/mol. The Morgan fingerprint density at radius 2 is 0.895 bits per heavy atom. The van der Waals surface area contributed by atoms with Crippen molar-refractivity contribution in [2.75, 3.05) is 0 Å². The maximum absolute atomic E-state index is 6.85. The third kappa shape index (κ3) is 4.79. The van der Waals surface area contributed by atoms with Gasteiger partial charge in [-0.05, 0) is 68.8 Å². The van der Waals surface area contributed by atoms with E-state index in [1.165, 1.54) is 48.7 Å². The third-order valence-corrected chi connectivity index (χ3v) is 12.8. The summed E-state index contributed by atoms with van der Waals surface area (Å²) in [5.74, 6) is 1.84. The highest BCUT2D eigenvalue weighted by molar-refractivity contribution is 7.99. The summed E-state index contributed by atoms with van der Waals surface area (Å²) >= 11 is 1.84. The molecule has 0 radical (unpaired) electrons. The molecule has 3 heterocycles. The Morgan fingerprint density at radius 3 is 1.60 bits per heavy atom. The topological polar surface area (TPSA) is 51.8 Å². The van der Waals surface area contributed by atoms with Crippen molar-refractivity contribution in [1.82, 2.24) is 15.0 Å². The monoisotopic (exact) mass is 745 g/mol. The van der Waals surface area contributed by atoms with Gasteiger partial charge in [0.15, 0.2) is 17.5 Å². The molecule has 8 aromatic carbocycles. The number of aromatic nitrogens is 3. The molecule has 0 atom stereocenters. The number of fused-ring (bicyclic) bond motifs is 12. The normalized spacial score (nSPS) is 13.3. The van der Waals surface area contributed by atoms with Crippen LogP contribution in [-0.4, -0.2) is 15.0 Å². The van der Waals surface area contributed by atoms with Crippen molar-refractivity contribution < 1.29 is 4.42 Å². The second kappa shape index (κ2) is 12.5. The van der Waals surface area contributed by atoms with Crippen molar-refractivity contribution in [3.63, 3.8) is 0 Å². The van der Waals surface area contributed by atoms with Crippen molar-refractivity contribution in [3.05, 3.63) is 210 Å². The second-order valence-electron chi connectivity index (χ2n) is 14.7. The molecule has 0 saturated carbocycles. The van der Waals surface area contributed by atoms with Gasteiger partial charge >= 0.3 is 0 Å². The quantitative estimate of drug-likeness (QED) is 0.180. The molecular formula is C52H31N3OS. The molecule has 1 aliphatic heterocycles. The van der Waals surface area contributed by atoms with Gasteiger partial charge < -0.3 is 4.42 Å². The van der Waals surface area contributed by atoms with E-state index in [-0.39, 0.29) is 0 Å². The first-order chi connectivity index (χ1) is 28.2. The maximum Gasteiger partial charge on any atom is 0.164 e. The smallest absolute Gasteiger partial charge is 0.164 e. The van der Waals surface area contributed by atoms with Gasteiger partial charge in [0, 0.05) is 37.3 Å². The van der Waals surface area contributed by atoms with Crippen LogP contribution >= 0.6 is 11.8 Å². The molecule has 266 valence electrons. The molecule has 12 rings (SSSR count). The van der Waals surface area contributed by atoms with E-state index in [9.17, 15) is 0 Å². The number of hydrogen-bond donors (Lipinski definition) is 0. The van der Waals surface area contributed by atoms with E-state index in [1.54, 1.807) is 0 Å². The summed E-state index contributed by atoms with van der Waals surface area (Å²) in [4.78, 5) is 17.9. The minimum absolute atomic E-state index is 0.482. The predicted octanol–water partition coefficient (Wildman–Crippen LogP) is 13.3. The minimum Gasteiger partial charge on any atom is -0.456 e. The summed E-state index contributed by atoms with van der Waals surface area (Å²) in [5.41, 5.74) is 13.9. The van der Waals surface area contributed by atoms with E-state index in [1.807, 2.05) is 54.2 Å². The SMILES string of the molecule is c1ccc(-c2ccc(-c3nc(-c4ccccc4)nc(-c4cccc5oc6cc7c(cc6c45)Sc4ccccc4C74c5ccccc5-c5ccccc54)n3)cc2)cc1. The molecule has 0 unspecified atom stereocenters. The highest BCUT2D eigenvalue weighted by Crippen LogP contribution is 2.62. The highest BCUT2D eigenvalue weighted by atomic mass is 32.2. The molecule has 0 N–H and O–H groups in total. The van der Waals surface area contributed by atoms with Gasteiger partial charge in [-0.25, -0.2) is 15.0 Å². The van der Waals surface area contributed by atoms with Crippen molar-refractivity contribution in [3.8, 4) is 56.4 Å². The molecule has 1 spiro atoms. The number of nitrogens with zero attached hydrogens (tertiary/aromatic N) is 3. The maximum atomic E-state index is 6.85. The van der Waals surface area contributed by atoms with Crippen LogP contribution in [0.15, 0.2) is 202 Å². The lowest BCUT2D eigenvalue weighted by molar-refractivity contribution is 0.662. The van der Waals surface area contributed by atoms with Crippen LogP contribution in [0.25, 0.3) is 78.4 Å². The summed E-state index contributed by atoms with van der Waals surface area (Å²) in [6, 6.07) is 66.6. The van der Waals surface area contributed by atoms with Crippen molar-refractivity contribution in [1.29, 1.82) is 0 Å². The zero-order chi connectivity index (χ0) is 37.5. The van der Waals surface area contributed by atoms with Crippen LogP contribution in [0.2, 0.25) is 0 Å². The van der Waals surface area contributed by atoms with Gasteiger partial charge in [-0.15, -0.1) is 0 Å². The van der Waals surface area contributed by atoms with Crippen LogP contribution in [0.4, 0.5) is 0 Å². The summed E-state index contributed by atoms with van der Waals surface area (Å²) in [7, 11) is 0. The molecule has 0 amide bonds. The number of rotatable bonds is 4. The van der Waals surface area contributed by atoms with Crippen LogP contribution in [-0.2, 0) is 5.41 Å². The van der Waals surface area contributed by atoms with Gasteiger partial charge in [-0.1, -0.05) is 176 Å². The van der Waals surface area contributed by atoms with Gasteiger partial charge in [-0.2, -0.15) is 0 Å². The van der Waals surface area contributed by atoms with E-state index in [2.05, 4.69) is 146 Å². The first-order valence-corrected chi connectivity index (χ1v) is 20.0. The number of hydrogen-bond acceptors (Lipinski definition) is 5. The largest absolute Gasteiger partial charge is 0.456 e. The molecule has 2 aromatic heterocycles.